The summed E-state index contributed by atoms with van der Waals surface area (Å²) in [5.41, 5.74) is 1.18. The van der Waals surface area contributed by atoms with Gasteiger partial charge in [0.25, 0.3) is 5.91 Å². The van der Waals surface area contributed by atoms with E-state index >= 15 is 0 Å². The summed E-state index contributed by atoms with van der Waals surface area (Å²) in [5, 5.41) is 3.53. The highest BCUT2D eigenvalue weighted by Gasteiger charge is 2.12. The van der Waals surface area contributed by atoms with Gasteiger partial charge in [0.1, 0.15) is 5.82 Å². The molecule has 0 radical (unpaired) electrons. The van der Waals surface area contributed by atoms with E-state index < -0.39 is 0 Å². The second kappa shape index (κ2) is 3.96. The van der Waals surface area contributed by atoms with Gasteiger partial charge in [-0.25, -0.2) is 4.39 Å². The Morgan fingerprint density at radius 1 is 1.44 bits per heavy atom. The van der Waals surface area contributed by atoms with Gasteiger partial charge in [-0.2, -0.15) is 0 Å². The zero-order chi connectivity index (χ0) is 11.7. The molecule has 0 saturated carbocycles. The lowest BCUT2D eigenvalue weighted by molar-refractivity contribution is 0.0945. The van der Waals surface area contributed by atoms with Crippen molar-refractivity contribution in [2.75, 3.05) is 0 Å². The third-order valence-corrected chi connectivity index (χ3v) is 2.31. The standard InChI is InChI=1S/C12H13FN2O/c1-7(2)15-12(16)10-6-14-11-5-8(13)3-4-9(10)11/h3-7,14H,1-2H3,(H,15,16). The number of nitrogens with one attached hydrogen (secondary N) is 2. The van der Waals surface area contributed by atoms with Crippen molar-refractivity contribution in [2.45, 2.75) is 19.9 Å². The number of carbonyl (C=O) groups is 1. The van der Waals surface area contributed by atoms with E-state index in [1.165, 1.54) is 12.1 Å². The first-order chi connectivity index (χ1) is 7.58. The van der Waals surface area contributed by atoms with E-state index in [1.54, 1.807) is 12.3 Å². The normalized spacial score (nSPS) is 11.0. The van der Waals surface area contributed by atoms with Crippen molar-refractivity contribution in [1.29, 1.82) is 0 Å². The molecule has 16 heavy (non-hydrogen) atoms. The number of H-pyrrole nitrogens is 1. The van der Waals surface area contributed by atoms with Gasteiger partial charge in [0.05, 0.1) is 5.56 Å². The number of benzene rings is 1. The summed E-state index contributed by atoms with van der Waals surface area (Å²) in [7, 11) is 0. The largest absolute Gasteiger partial charge is 0.360 e. The maximum atomic E-state index is 12.9. The average Bonchev–Trinajstić information content (AvgIpc) is 2.59. The van der Waals surface area contributed by atoms with Crippen LogP contribution in [0.1, 0.15) is 24.2 Å². The summed E-state index contributed by atoms with van der Waals surface area (Å²) in [5.74, 6) is -0.460. The molecule has 3 nitrogen and oxygen atoms in total. The molecule has 84 valence electrons. The van der Waals surface area contributed by atoms with Gasteiger partial charge < -0.3 is 10.3 Å². The summed E-state index contributed by atoms with van der Waals surface area (Å²) in [6.45, 7) is 3.79. The Labute approximate surface area is 92.7 Å². The van der Waals surface area contributed by atoms with Crippen LogP contribution in [0.3, 0.4) is 0 Å². The number of aromatic nitrogens is 1. The summed E-state index contributed by atoms with van der Waals surface area (Å²) in [4.78, 5) is 14.7. The van der Waals surface area contributed by atoms with E-state index in [-0.39, 0.29) is 17.8 Å². The predicted molar refractivity (Wildman–Crippen MR) is 60.9 cm³/mol. The van der Waals surface area contributed by atoms with E-state index in [4.69, 9.17) is 0 Å². The summed E-state index contributed by atoms with van der Waals surface area (Å²) in [6.07, 6.45) is 1.60. The lowest BCUT2D eigenvalue weighted by Crippen LogP contribution is -2.29. The van der Waals surface area contributed by atoms with Crippen molar-refractivity contribution < 1.29 is 9.18 Å². The molecule has 0 bridgehead atoms. The molecule has 0 fully saturated rings. The van der Waals surface area contributed by atoms with Gasteiger partial charge in [-0.05, 0) is 32.0 Å². The molecule has 0 aliphatic heterocycles. The van der Waals surface area contributed by atoms with E-state index in [9.17, 15) is 9.18 Å². The van der Waals surface area contributed by atoms with Crippen LogP contribution in [-0.2, 0) is 0 Å². The minimum Gasteiger partial charge on any atom is -0.360 e. The van der Waals surface area contributed by atoms with Crippen LogP contribution in [0.2, 0.25) is 0 Å². The van der Waals surface area contributed by atoms with Gasteiger partial charge in [-0.1, -0.05) is 0 Å². The smallest absolute Gasteiger partial charge is 0.253 e. The first kappa shape index (κ1) is 10.7. The Morgan fingerprint density at radius 2 is 2.19 bits per heavy atom. The van der Waals surface area contributed by atoms with Crippen LogP contribution in [0.15, 0.2) is 24.4 Å². The lowest BCUT2D eigenvalue weighted by atomic mass is 10.1. The topological polar surface area (TPSA) is 44.9 Å². The Kier molecular flexibility index (Phi) is 2.64. The highest BCUT2D eigenvalue weighted by atomic mass is 19.1. The second-order valence-corrected chi connectivity index (χ2v) is 4.02. The highest BCUT2D eigenvalue weighted by Crippen LogP contribution is 2.19. The molecule has 0 spiro atoms. The van der Waals surface area contributed by atoms with E-state index in [2.05, 4.69) is 10.3 Å². The van der Waals surface area contributed by atoms with Gasteiger partial charge in [0, 0.05) is 23.1 Å². The molecule has 0 aliphatic carbocycles. The minimum absolute atomic E-state index is 0.0814. The van der Waals surface area contributed by atoms with Crippen LogP contribution in [0.5, 0.6) is 0 Å². The number of hydrogen-bond donors (Lipinski definition) is 2. The van der Waals surface area contributed by atoms with Crippen molar-refractivity contribution >= 4 is 16.8 Å². The molecule has 0 atom stereocenters. The van der Waals surface area contributed by atoms with Crippen molar-refractivity contribution in [3.8, 4) is 0 Å². The van der Waals surface area contributed by atoms with E-state index in [0.29, 0.717) is 11.1 Å². The zero-order valence-corrected chi connectivity index (χ0v) is 9.17. The quantitative estimate of drug-likeness (QED) is 0.802. The van der Waals surface area contributed by atoms with Crippen LogP contribution in [0.4, 0.5) is 4.39 Å². The molecule has 0 aliphatic rings. The molecule has 0 unspecified atom stereocenters. The molecule has 1 amide bonds. The van der Waals surface area contributed by atoms with E-state index in [0.717, 1.165) is 5.39 Å². The fourth-order valence-corrected chi connectivity index (χ4v) is 1.63. The summed E-state index contributed by atoms with van der Waals surface area (Å²) in [6, 6.07) is 4.41. The number of rotatable bonds is 2. The Morgan fingerprint density at radius 3 is 2.88 bits per heavy atom. The Balaban J connectivity index is 2.42. The van der Waals surface area contributed by atoms with Gasteiger partial charge in [-0.3, -0.25) is 4.79 Å². The SMILES string of the molecule is CC(C)NC(=O)c1c[nH]c2cc(F)ccc12. The average molecular weight is 220 g/mol. The molecule has 4 heteroatoms. The number of carbonyl (C=O) groups excluding carboxylic acids is 1. The zero-order valence-electron chi connectivity index (χ0n) is 9.17. The Hall–Kier alpha value is -1.84. The molecular formula is C12H13FN2O. The first-order valence-electron chi connectivity index (χ1n) is 5.15. The van der Waals surface area contributed by atoms with Crippen LogP contribution in [0, 0.1) is 5.82 Å². The summed E-state index contributed by atoms with van der Waals surface area (Å²) >= 11 is 0. The molecule has 2 aromatic rings. The molecular weight excluding hydrogens is 207 g/mol. The maximum Gasteiger partial charge on any atom is 0.253 e. The predicted octanol–water partition coefficient (Wildman–Crippen LogP) is 2.45. The van der Waals surface area contributed by atoms with Crippen LogP contribution >= 0.6 is 0 Å². The highest BCUT2D eigenvalue weighted by molar-refractivity contribution is 6.06. The maximum absolute atomic E-state index is 12.9. The van der Waals surface area contributed by atoms with Crippen molar-refractivity contribution in [1.82, 2.24) is 10.3 Å². The summed E-state index contributed by atoms with van der Waals surface area (Å²) < 4.78 is 12.9. The number of hydrogen-bond acceptors (Lipinski definition) is 1. The number of fused-ring (bicyclic) bond motifs is 1. The fraction of sp³-hybridized carbons (Fsp3) is 0.250. The van der Waals surface area contributed by atoms with Crippen molar-refractivity contribution in [3.63, 3.8) is 0 Å². The van der Waals surface area contributed by atoms with E-state index in [1.807, 2.05) is 13.8 Å². The van der Waals surface area contributed by atoms with Gasteiger partial charge in [0.15, 0.2) is 0 Å². The van der Waals surface area contributed by atoms with Crippen molar-refractivity contribution in [3.05, 3.63) is 35.8 Å². The first-order valence-corrected chi connectivity index (χ1v) is 5.15. The fourth-order valence-electron chi connectivity index (χ4n) is 1.63. The Bertz CT molecular complexity index is 531. The van der Waals surface area contributed by atoms with Gasteiger partial charge in [0.2, 0.25) is 0 Å². The van der Waals surface area contributed by atoms with Crippen LogP contribution in [0.25, 0.3) is 10.9 Å². The third-order valence-electron chi connectivity index (χ3n) is 2.31. The molecule has 1 aromatic heterocycles. The molecule has 1 aromatic carbocycles. The minimum atomic E-state index is -0.315. The number of halogens is 1. The molecule has 0 saturated heterocycles. The van der Waals surface area contributed by atoms with Gasteiger partial charge >= 0.3 is 0 Å². The molecule has 2 N–H and O–H groups in total. The third kappa shape index (κ3) is 1.91. The molecule has 1 heterocycles. The number of aromatic amines is 1. The number of amides is 1. The lowest BCUT2D eigenvalue weighted by Gasteiger charge is -2.06. The van der Waals surface area contributed by atoms with Crippen molar-refractivity contribution in [2.24, 2.45) is 0 Å². The van der Waals surface area contributed by atoms with Crippen LogP contribution < -0.4 is 5.32 Å². The monoisotopic (exact) mass is 220 g/mol. The second-order valence-electron chi connectivity index (χ2n) is 4.02. The van der Waals surface area contributed by atoms with Gasteiger partial charge in [-0.15, -0.1) is 0 Å². The molecule has 2 rings (SSSR count). The van der Waals surface area contributed by atoms with Crippen LogP contribution in [-0.4, -0.2) is 16.9 Å².